The summed E-state index contributed by atoms with van der Waals surface area (Å²) in [6.07, 6.45) is 0.731. The molecule has 1 unspecified atom stereocenters. The van der Waals surface area contributed by atoms with Gasteiger partial charge in [0.05, 0.1) is 12.1 Å². The fourth-order valence-electron chi connectivity index (χ4n) is 1.62. The summed E-state index contributed by atoms with van der Waals surface area (Å²) in [5, 5.41) is 11.8. The van der Waals surface area contributed by atoms with Crippen LogP contribution in [0, 0.1) is 5.82 Å². The van der Waals surface area contributed by atoms with Crippen LogP contribution in [0.3, 0.4) is 0 Å². The Balaban J connectivity index is 1.94. The average Bonchev–Trinajstić information content (AvgIpc) is 3.12. The van der Waals surface area contributed by atoms with Crippen LogP contribution in [0.5, 0.6) is 5.75 Å². The van der Waals surface area contributed by atoms with Crippen molar-refractivity contribution < 1.29 is 19.0 Å². The van der Waals surface area contributed by atoms with Crippen molar-refractivity contribution in [2.24, 2.45) is 0 Å². The van der Waals surface area contributed by atoms with E-state index in [1.165, 1.54) is 12.1 Å². The molecule has 1 aromatic carbocycles. The summed E-state index contributed by atoms with van der Waals surface area (Å²) in [4.78, 5) is 11.8. The van der Waals surface area contributed by atoms with Crippen molar-refractivity contribution in [2.45, 2.75) is 31.4 Å². The highest BCUT2D eigenvalue weighted by Gasteiger charge is 2.44. The molecule has 1 amide bonds. The molecule has 98 valence electrons. The highest BCUT2D eigenvalue weighted by atomic mass is 19.1. The first-order valence-electron chi connectivity index (χ1n) is 5.90. The van der Waals surface area contributed by atoms with Gasteiger partial charge in [-0.25, -0.2) is 4.39 Å². The molecular weight excluding hydrogens is 237 g/mol. The zero-order valence-electron chi connectivity index (χ0n) is 10.1. The van der Waals surface area contributed by atoms with E-state index < -0.39 is 17.5 Å². The van der Waals surface area contributed by atoms with Gasteiger partial charge in [-0.2, -0.15) is 0 Å². The second-order valence-corrected chi connectivity index (χ2v) is 4.62. The van der Waals surface area contributed by atoms with Gasteiger partial charge in [-0.1, -0.05) is 12.1 Å². The largest absolute Gasteiger partial charge is 0.478 e. The summed E-state index contributed by atoms with van der Waals surface area (Å²) in [6.45, 7) is 1.47. The molecule has 0 bridgehead atoms. The van der Waals surface area contributed by atoms with E-state index in [0.717, 1.165) is 12.8 Å². The average molecular weight is 253 g/mol. The Morgan fingerprint density at radius 2 is 2.22 bits per heavy atom. The van der Waals surface area contributed by atoms with Crippen molar-refractivity contribution in [3.05, 3.63) is 30.1 Å². The number of carbonyl (C=O) groups is 1. The lowest BCUT2D eigenvalue weighted by Gasteiger charge is -2.19. The van der Waals surface area contributed by atoms with Crippen LogP contribution < -0.4 is 10.1 Å². The van der Waals surface area contributed by atoms with Crippen molar-refractivity contribution in [3.63, 3.8) is 0 Å². The molecule has 1 aliphatic carbocycles. The Hall–Kier alpha value is -1.62. The summed E-state index contributed by atoms with van der Waals surface area (Å²) in [6, 6.07) is 5.94. The summed E-state index contributed by atoms with van der Waals surface area (Å²) in [5.41, 5.74) is -0.482. The number of hydrogen-bond acceptors (Lipinski definition) is 3. The topological polar surface area (TPSA) is 58.6 Å². The van der Waals surface area contributed by atoms with Crippen LogP contribution in [-0.4, -0.2) is 29.3 Å². The lowest BCUT2D eigenvalue weighted by Crippen LogP contribution is -2.45. The molecule has 0 heterocycles. The number of aliphatic hydroxyl groups excluding tert-OH is 1. The second-order valence-electron chi connectivity index (χ2n) is 4.62. The van der Waals surface area contributed by atoms with E-state index in [1.807, 2.05) is 0 Å². The lowest BCUT2D eigenvalue weighted by atomic mass is 10.2. The first-order valence-corrected chi connectivity index (χ1v) is 5.90. The van der Waals surface area contributed by atoms with E-state index in [0.29, 0.717) is 0 Å². The normalized spacial score (nSPS) is 17.9. The van der Waals surface area contributed by atoms with Gasteiger partial charge in [-0.15, -0.1) is 0 Å². The molecule has 1 saturated carbocycles. The summed E-state index contributed by atoms with van der Waals surface area (Å²) in [5.74, 6) is -0.792. The van der Waals surface area contributed by atoms with E-state index in [1.54, 1.807) is 19.1 Å². The summed E-state index contributed by atoms with van der Waals surface area (Å²) in [7, 11) is 0. The highest BCUT2D eigenvalue weighted by molar-refractivity contribution is 5.81. The van der Waals surface area contributed by atoms with E-state index >= 15 is 0 Å². The number of para-hydroxylation sites is 1. The molecule has 0 radical (unpaired) electrons. The summed E-state index contributed by atoms with van der Waals surface area (Å²) >= 11 is 0. The quantitative estimate of drug-likeness (QED) is 0.830. The number of rotatable bonds is 5. The number of hydrogen-bond donors (Lipinski definition) is 2. The first kappa shape index (κ1) is 12.8. The van der Waals surface area contributed by atoms with Crippen LogP contribution in [0.1, 0.15) is 19.8 Å². The molecule has 0 aromatic heterocycles. The molecule has 5 heteroatoms. The van der Waals surface area contributed by atoms with Gasteiger partial charge in [0.2, 0.25) is 0 Å². The Morgan fingerprint density at radius 3 is 2.78 bits per heavy atom. The molecule has 2 N–H and O–H groups in total. The first-order chi connectivity index (χ1) is 8.56. The van der Waals surface area contributed by atoms with Gasteiger partial charge in [0.25, 0.3) is 5.91 Å². The third kappa shape index (κ3) is 2.79. The van der Waals surface area contributed by atoms with E-state index in [4.69, 9.17) is 9.84 Å². The van der Waals surface area contributed by atoms with Gasteiger partial charge < -0.3 is 15.2 Å². The molecule has 1 aliphatic rings. The fourth-order valence-corrected chi connectivity index (χ4v) is 1.62. The van der Waals surface area contributed by atoms with Gasteiger partial charge in [0.1, 0.15) is 0 Å². The predicted molar refractivity (Wildman–Crippen MR) is 63.7 cm³/mol. The number of benzene rings is 1. The maximum Gasteiger partial charge on any atom is 0.261 e. The molecule has 1 atom stereocenters. The Labute approximate surface area is 105 Å². The number of ether oxygens (including phenoxy) is 1. The molecule has 2 rings (SSSR count). The molecular formula is C13H16FNO3. The Morgan fingerprint density at radius 1 is 1.56 bits per heavy atom. The zero-order chi connectivity index (χ0) is 13.2. The second kappa shape index (κ2) is 4.94. The maximum absolute atomic E-state index is 13.3. The third-order valence-electron chi connectivity index (χ3n) is 3.05. The standard InChI is InChI=1S/C13H16FNO3/c1-9(12(17)15-13(8-16)6-7-13)18-11-5-3-2-4-10(11)14/h2-5,9,16H,6-8H2,1H3,(H,15,17). The third-order valence-corrected chi connectivity index (χ3v) is 3.05. The monoisotopic (exact) mass is 253 g/mol. The van der Waals surface area contributed by atoms with Crippen molar-refractivity contribution in [1.82, 2.24) is 5.32 Å². The van der Waals surface area contributed by atoms with Crippen LogP contribution >= 0.6 is 0 Å². The maximum atomic E-state index is 13.3. The van der Waals surface area contributed by atoms with E-state index in [-0.39, 0.29) is 18.3 Å². The minimum absolute atomic E-state index is 0.0500. The minimum Gasteiger partial charge on any atom is -0.478 e. The molecule has 18 heavy (non-hydrogen) atoms. The van der Waals surface area contributed by atoms with Gasteiger partial charge >= 0.3 is 0 Å². The SMILES string of the molecule is CC(Oc1ccccc1F)C(=O)NC1(CO)CC1. The molecule has 0 spiro atoms. The fraction of sp³-hybridized carbons (Fsp3) is 0.462. The Bertz CT molecular complexity index is 446. The van der Waals surface area contributed by atoms with Crippen molar-refractivity contribution in [1.29, 1.82) is 0 Å². The van der Waals surface area contributed by atoms with Crippen LogP contribution in [0.25, 0.3) is 0 Å². The lowest BCUT2D eigenvalue weighted by molar-refractivity contribution is -0.128. The number of nitrogens with one attached hydrogen (secondary N) is 1. The van der Waals surface area contributed by atoms with Crippen LogP contribution in [0.2, 0.25) is 0 Å². The number of amides is 1. The molecule has 4 nitrogen and oxygen atoms in total. The Kier molecular flexibility index (Phi) is 3.52. The van der Waals surface area contributed by atoms with Gasteiger partial charge in [0.15, 0.2) is 17.7 Å². The molecule has 1 fully saturated rings. The van der Waals surface area contributed by atoms with Gasteiger partial charge in [-0.3, -0.25) is 4.79 Å². The minimum atomic E-state index is -0.800. The smallest absolute Gasteiger partial charge is 0.261 e. The predicted octanol–water partition coefficient (Wildman–Crippen LogP) is 1.23. The number of halogens is 1. The van der Waals surface area contributed by atoms with Crippen LogP contribution in [-0.2, 0) is 4.79 Å². The molecule has 0 aliphatic heterocycles. The van der Waals surface area contributed by atoms with Crippen LogP contribution in [0.15, 0.2) is 24.3 Å². The van der Waals surface area contributed by atoms with Crippen molar-refractivity contribution in [3.8, 4) is 5.75 Å². The zero-order valence-corrected chi connectivity index (χ0v) is 10.1. The van der Waals surface area contributed by atoms with E-state index in [9.17, 15) is 9.18 Å². The van der Waals surface area contributed by atoms with Gasteiger partial charge in [-0.05, 0) is 31.9 Å². The summed E-state index contributed by atoms with van der Waals surface area (Å²) < 4.78 is 18.6. The molecule has 0 saturated heterocycles. The molecule has 1 aromatic rings. The van der Waals surface area contributed by atoms with Gasteiger partial charge in [0, 0.05) is 0 Å². The number of aliphatic hydroxyl groups is 1. The number of carbonyl (C=O) groups excluding carboxylic acids is 1. The highest BCUT2D eigenvalue weighted by Crippen LogP contribution is 2.34. The van der Waals surface area contributed by atoms with Crippen LogP contribution in [0.4, 0.5) is 4.39 Å². The van der Waals surface area contributed by atoms with Crippen molar-refractivity contribution in [2.75, 3.05) is 6.61 Å². The van der Waals surface area contributed by atoms with Crippen molar-refractivity contribution >= 4 is 5.91 Å². The van der Waals surface area contributed by atoms with E-state index in [2.05, 4.69) is 5.32 Å².